The second kappa shape index (κ2) is 12.1. The van der Waals surface area contributed by atoms with Crippen molar-refractivity contribution in [1.29, 1.82) is 0 Å². The standard InChI is InChI=1S/C28H20F7NO3S2/c1-13-7-17(4-6-22(13)39-12-24(37)38)40-23(10-15-8-20(30)25(32)21(31)9-15)26-14(2)36-27(41-26)16-3-5-18(19(29)11-16)28(33,34)35/h3-9,11,23H,10,12H2,1-2H3,(H,37,38). The molecule has 0 aliphatic rings. The highest BCUT2D eigenvalue weighted by Crippen LogP contribution is 2.45. The quantitative estimate of drug-likeness (QED) is 0.116. The Bertz CT molecular complexity index is 1580. The zero-order valence-electron chi connectivity index (χ0n) is 21.3. The summed E-state index contributed by atoms with van der Waals surface area (Å²) in [5.41, 5.74) is -0.0604. The van der Waals surface area contributed by atoms with Gasteiger partial charge in [-0.3, -0.25) is 0 Å². The summed E-state index contributed by atoms with van der Waals surface area (Å²) in [6.45, 7) is 2.81. The summed E-state index contributed by atoms with van der Waals surface area (Å²) in [5.74, 6) is -6.58. The Hall–Kier alpha value is -3.58. The molecule has 3 aromatic carbocycles. The summed E-state index contributed by atoms with van der Waals surface area (Å²) in [6, 6.07) is 9.21. The number of thioether (sulfide) groups is 1. The Balaban J connectivity index is 1.71. The molecule has 1 heterocycles. The second-order valence-corrected chi connectivity index (χ2v) is 11.3. The molecule has 1 unspecified atom stereocenters. The zero-order chi connectivity index (χ0) is 30.1. The molecule has 0 saturated carbocycles. The SMILES string of the molecule is Cc1cc(SC(Cc2cc(F)c(F)c(F)c2)c2sc(-c3ccc(C(F)(F)F)c(F)c3)nc2C)ccc1OCC(=O)O. The van der Waals surface area contributed by atoms with E-state index in [1.165, 1.54) is 11.8 Å². The number of thiazole rings is 1. The summed E-state index contributed by atoms with van der Waals surface area (Å²) in [4.78, 5) is 16.5. The number of rotatable bonds is 9. The van der Waals surface area contributed by atoms with Crippen LogP contribution in [0.4, 0.5) is 30.7 Å². The Morgan fingerprint density at radius 2 is 1.68 bits per heavy atom. The van der Waals surface area contributed by atoms with Crippen LogP contribution in [-0.4, -0.2) is 22.7 Å². The van der Waals surface area contributed by atoms with Gasteiger partial charge >= 0.3 is 12.1 Å². The number of alkyl halides is 3. The molecule has 1 atom stereocenters. The van der Waals surface area contributed by atoms with Crippen molar-refractivity contribution in [3.8, 4) is 16.3 Å². The lowest BCUT2D eigenvalue weighted by atomic mass is 10.1. The number of aryl methyl sites for hydroxylation is 2. The van der Waals surface area contributed by atoms with Crippen LogP contribution < -0.4 is 4.74 Å². The van der Waals surface area contributed by atoms with Crippen LogP contribution in [0.1, 0.15) is 32.5 Å². The lowest BCUT2D eigenvalue weighted by Crippen LogP contribution is -2.10. The summed E-state index contributed by atoms with van der Waals surface area (Å²) in [6.07, 6.45) is -4.85. The molecule has 216 valence electrons. The first-order valence-electron chi connectivity index (χ1n) is 11.8. The molecule has 13 heteroatoms. The van der Waals surface area contributed by atoms with Crippen LogP contribution in [0.5, 0.6) is 5.75 Å². The van der Waals surface area contributed by atoms with E-state index >= 15 is 0 Å². The minimum absolute atomic E-state index is 0.0128. The highest BCUT2D eigenvalue weighted by atomic mass is 32.2. The van der Waals surface area contributed by atoms with E-state index in [0.29, 0.717) is 32.8 Å². The second-order valence-electron chi connectivity index (χ2n) is 8.95. The van der Waals surface area contributed by atoms with Gasteiger partial charge in [-0.1, -0.05) is 6.07 Å². The van der Waals surface area contributed by atoms with Gasteiger partial charge in [0.25, 0.3) is 0 Å². The molecule has 0 fully saturated rings. The van der Waals surface area contributed by atoms with Gasteiger partial charge in [0.15, 0.2) is 24.1 Å². The van der Waals surface area contributed by atoms with Crippen LogP contribution in [0.2, 0.25) is 0 Å². The minimum Gasteiger partial charge on any atom is -0.482 e. The van der Waals surface area contributed by atoms with Gasteiger partial charge in [0.2, 0.25) is 0 Å². The fourth-order valence-electron chi connectivity index (χ4n) is 4.00. The van der Waals surface area contributed by atoms with E-state index in [9.17, 15) is 35.5 Å². The monoisotopic (exact) mass is 615 g/mol. The number of halogens is 7. The molecule has 0 saturated heterocycles. The van der Waals surface area contributed by atoms with Gasteiger partial charge in [0.05, 0.1) is 11.3 Å². The highest BCUT2D eigenvalue weighted by Gasteiger charge is 2.34. The van der Waals surface area contributed by atoms with E-state index in [1.807, 2.05) is 0 Å². The first kappa shape index (κ1) is 30.4. The lowest BCUT2D eigenvalue weighted by Gasteiger charge is -2.17. The number of hydrogen-bond acceptors (Lipinski definition) is 5. The van der Waals surface area contributed by atoms with E-state index in [-0.39, 0.29) is 22.6 Å². The maximum atomic E-state index is 14.3. The molecular weight excluding hydrogens is 595 g/mol. The first-order chi connectivity index (χ1) is 19.2. The number of hydrogen-bond donors (Lipinski definition) is 1. The van der Waals surface area contributed by atoms with Crippen LogP contribution in [0.25, 0.3) is 10.6 Å². The van der Waals surface area contributed by atoms with Crippen LogP contribution in [0, 0.1) is 37.1 Å². The number of aliphatic carboxylic acids is 1. The Morgan fingerprint density at radius 3 is 2.27 bits per heavy atom. The molecule has 1 aromatic heterocycles. The average molecular weight is 616 g/mol. The van der Waals surface area contributed by atoms with Crippen molar-refractivity contribution < 1.29 is 45.4 Å². The summed E-state index contributed by atoms with van der Waals surface area (Å²) < 4.78 is 100. The van der Waals surface area contributed by atoms with Crippen molar-refractivity contribution in [3.05, 3.63) is 99.1 Å². The minimum atomic E-state index is -4.86. The lowest BCUT2D eigenvalue weighted by molar-refractivity contribution is -0.140. The fourth-order valence-corrected chi connectivity index (χ4v) is 6.60. The van der Waals surface area contributed by atoms with E-state index in [4.69, 9.17) is 9.84 Å². The Labute approximate surface area is 237 Å². The van der Waals surface area contributed by atoms with E-state index in [0.717, 1.165) is 35.6 Å². The van der Waals surface area contributed by atoms with Crippen molar-refractivity contribution in [1.82, 2.24) is 4.98 Å². The maximum absolute atomic E-state index is 14.3. The summed E-state index contributed by atoms with van der Waals surface area (Å²) in [7, 11) is 0. The van der Waals surface area contributed by atoms with Crippen LogP contribution in [0.3, 0.4) is 0 Å². The number of ether oxygens (including phenoxy) is 1. The fraction of sp³-hybridized carbons (Fsp3) is 0.214. The predicted octanol–water partition coefficient (Wildman–Crippen LogP) is 8.54. The molecular formula is C28H20F7NO3S2. The first-order valence-corrected chi connectivity index (χ1v) is 13.5. The van der Waals surface area contributed by atoms with Crippen molar-refractivity contribution in [3.63, 3.8) is 0 Å². The molecule has 4 nitrogen and oxygen atoms in total. The maximum Gasteiger partial charge on any atom is 0.419 e. The Morgan fingerprint density at radius 1 is 1.00 bits per heavy atom. The van der Waals surface area contributed by atoms with Crippen LogP contribution >= 0.6 is 23.1 Å². The van der Waals surface area contributed by atoms with Crippen LogP contribution in [-0.2, 0) is 17.4 Å². The number of carboxylic acids is 1. The Kier molecular flexibility index (Phi) is 8.97. The highest BCUT2D eigenvalue weighted by molar-refractivity contribution is 7.99. The van der Waals surface area contributed by atoms with E-state index in [2.05, 4.69) is 4.98 Å². The van der Waals surface area contributed by atoms with Gasteiger partial charge in [0.1, 0.15) is 16.6 Å². The molecule has 1 N–H and O–H groups in total. The summed E-state index contributed by atoms with van der Waals surface area (Å²) >= 11 is 2.35. The third kappa shape index (κ3) is 7.20. The molecule has 4 rings (SSSR count). The van der Waals surface area contributed by atoms with Gasteiger partial charge in [0, 0.05) is 20.6 Å². The molecule has 41 heavy (non-hydrogen) atoms. The van der Waals surface area contributed by atoms with Gasteiger partial charge in [-0.15, -0.1) is 23.1 Å². The van der Waals surface area contributed by atoms with Crippen molar-refractivity contribution in [2.75, 3.05) is 6.61 Å². The third-order valence-corrected chi connectivity index (χ3v) is 8.57. The smallest absolute Gasteiger partial charge is 0.419 e. The molecule has 0 aliphatic heterocycles. The van der Waals surface area contributed by atoms with E-state index < -0.39 is 52.8 Å². The summed E-state index contributed by atoms with van der Waals surface area (Å²) in [5, 5.41) is 8.53. The normalized spacial score (nSPS) is 12.4. The molecule has 0 aliphatic carbocycles. The topological polar surface area (TPSA) is 59.4 Å². The van der Waals surface area contributed by atoms with Gasteiger partial charge in [-0.2, -0.15) is 13.2 Å². The van der Waals surface area contributed by atoms with Crippen LogP contribution in [0.15, 0.2) is 53.4 Å². The average Bonchev–Trinajstić information content (AvgIpc) is 3.27. The molecule has 0 radical (unpaired) electrons. The van der Waals surface area contributed by atoms with Crippen molar-refractivity contribution >= 4 is 29.1 Å². The molecule has 0 amide bonds. The zero-order valence-corrected chi connectivity index (χ0v) is 22.9. The number of benzene rings is 3. The van der Waals surface area contributed by atoms with Crippen molar-refractivity contribution in [2.45, 2.75) is 36.6 Å². The number of carbonyl (C=O) groups is 1. The molecule has 0 bridgehead atoms. The number of carboxylic acid groups (broad SMARTS) is 1. The predicted molar refractivity (Wildman–Crippen MR) is 140 cm³/mol. The van der Waals surface area contributed by atoms with E-state index in [1.54, 1.807) is 32.0 Å². The molecule has 0 spiro atoms. The number of nitrogens with zero attached hydrogens (tertiary/aromatic N) is 1. The van der Waals surface area contributed by atoms with Gasteiger partial charge in [-0.05, 0) is 73.9 Å². The largest absolute Gasteiger partial charge is 0.482 e. The third-order valence-electron chi connectivity index (χ3n) is 5.89. The molecule has 4 aromatic rings. The van der Waals surface area contributed by atoms with Crippen molar-refractivity contribution in [2.24, 2.45) is 0 Å². The van der Waals surface area contributed by atoms with Gasteiger partial charge < -0.3 is 9.84 Å². The van der Waals surface area contributed by atoms with Gasteiger partial charge in [-0.25, -0.2) is 27.3 Å². The number of aromatic nitrogens is 1.